The average Bonchev–Trinajstić information content (AvgIpc) is 3.44. The highest BCUT2D eigenvalue weighted by atomic mass is 16.6. The van der Waals surface area contributed by atoms with E-state index in [-0.39, 0.29) is 24.0 Å². The number of fused-ring (bicyclic) bond motifs is 1. The van der Waals surface area contributed by atoms with Gasteiger partial charge < -0.3 is 24.5 Å². The van der Waals surface area contributed by atoms with Crippen LogP contribution in [0.4, 0.5) is 5.95 Å². The summed E-state index contributed by atoms with van der Waals surface area (Å²) in [5.74, 6) is 0.514. The smallest absolute Gasteiger partial charge is 0.246 e. The molecule has 0 amide bonds. The molecular formula is C27H29N5O3. The molecule has 0 bridgehead atoms. The van der Waals surface area contributed by atoms with Crippen molar-refractivity contribution in [1.82, 2.24) is 19.5 Å². The van der Waals surface area contributed by atoms with Crippen molar-refractivity contribution in [2.24, 2.45) is 5.92 Å². The van der Waals surface area contributed by atoms with E-state index in [0.29, 0.717) is 36.9 Å². The Balaban J connectivity index is 1.38. The Morgan fingerprint density at radius 2 is 1.69 bits per heavy atom. The third-order valence-electron chi connectivity index (χ3n) is 6.46. The van der Waals surface area contributed by atoms with Crippen molar-refractivity contribution in [2.45, 2.75) is 31.8 Å². The van der Waals surface area contributed by atoms with Gasteiger partial charge in [-0.25, -0.2) is 4.98 Å². The van der Waals surface area contributed by atoms with Gasteiger partial charge >= 0.3 is 0 Å². The number of ether oxygens (including phenoxy) is 3. The summed E-state index contributed by atoms with van der Waals surface area (Å²) in [6, 6.07) is 20.3. The Bertz CT molecular complexity index is 1290. The number of rotatable bonds is 9. The first-order valence-corrected chi connectivity index (χ1v) is 11.6. The molecule has 35 heavy (non-hydrogen) atoms. The van der Waals surface area contributed by atoms with Crippen LogP contribution < -0.4 is 10.5 Å². The molecule has 180 valence electrons. The van der Waals surface area contributed by atoms with Crippen molar-refractivity contribution < 1.29 is 14.2 Å². The molecule has 0 spiro atoms. The number of benzene rings is 2. The molecule has 4 aromatic rings. The number of nitrogen functional groups attached to an aromatic ring is 1. The van der Waals surface area contributed by atoms with E-state index in [4.69, 9.17) is 19.9 Å². The van der Waals surface area contributed by atoms with Crippen LogP contribution in [0.2, 0.25) is 0 Å². The fourth-order valence-corrected chi connectivity index (χ4v) is 4.64. The van der Waals surface area contributed by atoms with E-state index in [1.807, 2.05) is 41.0 Å². The maximum absolute atomic E-state index is 6.43. The van der Waals surface area contributed by atoms with Gasteiger partial charge in [0.15, 0.2) is 11.2 Å². The van der Waals surface area contributed by atoms with E-state index in [2.05, 4.69) is 45.8 Å². The lowest BCUT2D eigenvalue weighted by molar-refractivity contribution is -0.0122. The molecule has 2 N–H and O–H groups in total. The minimum Gasteiger partial charge on any atom is -0.479 e. The van der Waals surface area contributed by atoms with E-state index in [1.54, 1.807) is 13.4 Å². The molecule has 0 unspecified atom stereocenters. The quantitative estimate of drug-likeness (QED) is 0.360. The molecule has 8 heteroatoms. The van der Waals surface area contributed by atoms with Crippen LogP contribution in [0.3, 0.4) is 0 Å². The van der Waals surface area contributed by atoms with Crippen molar-refractivity contribution in [3.8, 4) is 5.88 Å². The molecule has 0 aliphatic heterocycles. The molecule has 0 radical (unpaired) electrons. The Morgan fingerprint density at radius 3 is 2.37 bits per heavy atom. The molecule has 1 fully saturated rings. The number of nitrogens with zero attached hydrogens (tertiary/aromatic N) is 4. The van der Waals surface area contributed by atoms with E-state index < -0.39 is 0 Å². The van der Waals surface area contributed by atoms with Gasteiger partial charge in [0.1, 0.15) is 0 Å². The van der Waals surface area contributed by atoms with E-state index in [0.717, 1.165) is 23.1 Å². The number of imidazole rings is 1. The van der Waals surface area contributed by atoms with Crippen molar-refractivity contribution in [1.29, 1.82) is 0 Å². The summed E-state index contributed by atoms with van der Waals surface area (Å²) in [7, 11) is 1.54. The third-order valence-corrected chi connectivity index (χ3v) is 6.46. The Labute approximate surface area is 204 Å². The zero-order chi connectivity index (χ0) is 24.2. The van der Waals surface area contributed by atoms with Crippen LogP contribution in [0, 0.1) is 5.92 Å². The molecule has 0 saturated heterocycles. The van der Waals surface area contributed by atoms with E-state index >= 15 is 0 Å². The van der Waals surface area contributed by atoms with Crippen molar-refractivity contribution in [2.75, 3.05) is 19.5 Å². The van der Waals surface area contributed by atoms with Crippen molar-refractivity contribution >= 4 is 17.1 Å². The number of methoxy groups -OCH3 is 1. The highest BCUT2D eigenvalue weighted by molar-refractivity contribution is 5.77. The summed E-state index contributed by atoms with van der Waals surface area (Å²) in [6.45, 7) is 6.03. The first-order chi connectivity index (χ1) is 17.1. The van der Waals surface area contributed by atoms with Gasteiger partial charge in [0.25, 0.3) is 0 Å². The van der Waals surface area contributed by atoms with Crippen LogP contribution in [0.25, 0.3) is 11.2 Å². The van der Waals surface area contributed by atoms with Crippen LogP contribution in [0.5, 0.6) is 5.88 Å². The van der Waals surface area contributed by atoms with Gasteiger partial charge in [-0.1, -0.05) is 67.2 Å². The molecule has 1 aliphatic rings. The molecule has 2 aromatic heterocycles. The average molecular weight is 476 g/mol. The first kappa shape index (κ1) is 23.0. The zero-order valence-electron chi connectivity index (χ0n) is 19.7. The van der Waals surface area contributed by atoms with E-state index in [9.17, 15) is 0 Å². The van der Waals surface area contributed by atoms with Crippen LogP contribution in [-0.2, 0) is 22.7 Å². The summed E-state index contributed by atoms with van der Waals surface area (Å²) in [5.41, 5.74) is 10.4. The highest BCUT2D eigenvalue weighted by Crippen LogP contribution is 2.43. The fraction of sp³-hybridized carbons (Fsp3) is 0.296. The molecule has 2 aromatic carbocycles. The topological polar surface area (TPSA) is 97.3 Å². The van der Waals surface area contributed by atoms with Gasteiger partial charge in [-0.2, -0.15) is 9.97 Å². The van der Waals surface area contributed by atoms with Crippen LogP contribution in [-0.4, -0.2) is 39.3 Å². The van der Waals surface area contributed by atoms with Gasteiger partial charge in [-0.05, 0) is 23.1 Å². The summed E-state index contributed by atoms with van der Waals surface area (Å²) >= 11 is 0. The SMILES string of the molecule is C=C1[C@H](COCc2ccccc2)[C@@H](OCc2ccccc2)C[C@@H]1n1cn[13c]2[13c](OC)n[13c](N)n[13c]21. The van der Waals surface area contributed by atoms with Gasteiger partial charge in [0.2, 0.25) is 11.8 Å². The third kappa shape index (κ3) is 4.89. The van der Waals surface area contributed by atoms with Crippen LogP contribution in [0.15, 0.2) is 79.1 Å². The van der Waals surface area contributed by atoms with Crippen LogP contribution >= 0.6 is 0 Å². The second-order valence-electron chi connectivity index (χ2n) is 8.68. The minimum atomic E-state index is -0.0676. The second-order valence-corrected chi connectivity index (χ2v) is 8.68. The standard InChI is InChI=1S/C27H29N5O3/c1-18-21(16-34-14-19-9-5-3-6-10-19)23(35-15-20-11-7-4-8-12-20)13-22(18)32-17-29-24-25(32)30-27(28)31-26(24)33-2/h3-12,17,21-23H,1,13-16H2,2H3,(H2,28,30,31)/t21-,22-,23-/m0/s1/i24+1,25+1,26+1,27+1. The molecule has 1 saturated carbocycles. The largest absolute Gasteiger partial charge is 0.479 e. The molecule has 1 aliphatic carbocycles. The number of hydrogen-bond acceptors (Lipinski definition) is 7. The predicted molar refractivity (Wildman–Crippen MR) is 134 cm³/mol. The molecule has 5 rings (SSSR count). The van der Waals surface area contributed by atoms with Crippen molar-refractivity contribution in [3.05, 3.63) is 90.3 Å². The van der Waals surface area contributed by atoms with Crippen molar-refractivity contribution in [3.63, 3.8) is 0 Å². The summed E-state index contributed by atoms with van der Waals surface area (Å²) in [4.78, 5) is 13.1. The first-order valence-electron chi connectivity index (χ1n) is 11.6. The summed E-state index contributed by atoms with van der Waals surface area (Å²) in [5, 5.41) is 0. The number of aromatic nitrogens is 4. The monoisotopic (exact) mass is 475 g/mol. The van der Waals surface area contributed by atoms with Gasteiger partial charge in [0, 0.05) is 5.92 Å². The Morgan fingerprint density at radius 1 is 1.00 bits per heavy atom. The van der Waals surface area contributed by atoms with E-state index in [1.165, 1.54) is 0 Å². The van der Waals surface area contributed by atoms with Gasteiger partial charge in [0.05, 0.1) is 45.4 Å². The maximum atomic E-state index is 6.43. The number of hydrogen-bond donors (Lipinski definition) is 1. The number of nitrogens with two attached hydrogens (primary N) is 1. The number of anilines is 1. The lowest BCUT2D eigenvalue weighted by atomic mass is 10.0. The summed E-state index contributed by atoms with van der Waals surface area (Å²) in [6.07, 6.45) is 2.41. The fourth-order valence-electron chi connectivity index (χ4n) is 4.64. The predicted octanol–water partition coefficient (Wildman–Crippen LogP) is 4.34. The van der Waals surface area contributed by atoms with Gasteiger partial charge in [-0.3, -0.25) is 0 Å². The van der Waals surface area contributed by atoms with Gasteiger partial charge in [-0.15, -0.1) is 0 Å². The van der Waals surface area contributed by atoms with Crippen LogP contribution in [0.1, 0.15) is 23.6 Å². The Kier molecular flexibility index (Phi) is 6.74. The molecule has 3 atom stereocenters. The minimum absolute atomic E-state index is 0.0194. The Hall–Kier alpha value is -3.75. The molecule has 2 heterocycles. The lowest BCUT2D eigenvalue weighted by Crippen LogP contribution is -2.23. The maximum Gasteiger partial charge on any atom is 0.246 e. The summed E-state index contributed by atoms with van der Waals surface area (Å²) < 4.78 is 19.9. The molecule has 8 nitrogen and oxygen atoms in total. The highest BCUT2D eigenvalue weighted by Gasteiger charge is 2.40. The second kappa shape index (κ2) is 10.2. The zero-order valence-corrected chi connectivity index (χ0v) is 19.7. The molecular weight excluding hydrogens is 446 g/mol. The lowest BCUT2D eigenvalue weighted by Gasteiger charge is -2.21. The normalized spacial score (nSPS) is 19.9.